The summed E-state index contributed by atoms with van der Waals surface area (Å²) >= 11 is 6.53. The number of benzene rings is 2. The van der Waals surface area contributed by atoms with E-state index in [2.05, 4.69) is 0 Å². The fourth-order valence-electron chi connectivity index (χ4n) is 3.70. The molecule has 0 saturated heterocycles. The smallest absolute Gasteiger partial charge is 0.340 e. The zero-order valence-electron chi connectivity index (χ0n) is 16.8. The predicted molar refractivity (Wildman–Crippen MR) is 114 cm³/mol. The summed E-state index contributed by atoms with van der Waals surface area (Å²) < 4.78 is 11.7. The monoisotopic (exact) mass is 413 g/mol. The Hall–Kier alpha value is -2.34. The van der Waals surface area contributed by atoms with Crippen LogP contribution in [-0.2, 0) is 13.0 Å². The number of halogens is 1. The average Bonchev–Trinajstić information content (AvgIpc) is 2.72. The molecule has 0 amide bonds. The van der Waals surface area contributed by atoms with Crippen LogP contribution >= 0.6 is 11.6 Å². The zero-order chi connectivity index (χ0) is 20.8. The third kappa shape index (κ3) is 3.54. The maximum atomic E-state index is 12.9. The van der Waals surface area contributed by atoms with Gasteiger partial charge in [0.25, 0.3) is 0 Å². The molecule has 152 valence electrons. The van der Waals surface area contributed by atoms with Gasteiger partial charge in [-0.15, -0.1) is 0 Å². The average molecular weight is 414 g/mol. The van der Waals surface area contributed by atoms with Crippen molar-refractivity contribution in [2.45, 2.75) is 39.3 Å². The Morgan fingerprint density at radius 2 is 1.97 bits per heavy atom. The first-order valence-corrected chi connectivity index (χ1v) is 10.00. The van der Waals surface area contributed by atoms with Crippen molar-refractivity contribution in [1.29, 1.82) is 0 Å². The fraction of sp³-hybridized carbons (Fsp3) is 0.348. The molecule has 1 aliphatic rings. The van der Waals surface area contributed by atoms with E-state index in [-0.39, 0.29) is 12.2 Å². The van der Waals surface area contributed by atoms with Crippen LogP contribution in [0.2, 0.25) is 5.02 Å². The molecule has 0 fully saturated rings. The van der Waals surface area contributed by atoms with Crippen LogP contribution in [0, 0.1) is 6.92 Å². The van der Waals surface area contributed by atoms with Gasteiger partial charge in [0.2, 0.25) is 0 Å². The first kappa shape index (κ1) is 20.0. The van der Waals surface area contributed by atoms with E-state index in [4.69, 9.17) is 20.8 Å². The summed E-state index contributed by atoms with van der Waals surface area (Å²) in [6.07, 6.45) is 0.500. The minimum Gasteiger partial charge on any atom is -0.476 e. The van der Waals surface area contributed by atoms with Crippen LogP contribution in [0.3, 0.4) is 0 Å². The molecule has 2 aromatic carbocycles. The van der Waals surface area contributed by atoms with Gasteiger partial charge < -0.3 is 14.3 Å². The van der Waals surface area contributed by atoms with E-state index >= 15 is 0 Å². The van der Waals surface area contributed by atoms with Crippen LogP contribution < -0.4 is 10.4 Å². The molecule has 1 aliphatic heterocycles. The highest BCUT2D eigenvalue weighted by Gasteiger charge is 2.33. The summed E-state index contributed by atoms with van der Waals surface area (Å²) in [5.74, 6) is 0.544. The van der Waals surface area contributed by atoms with E-state index in [0.29, 0.717) is 41.6 Å². The van der Waals surface area contributed by atoms with E-state index in [1.165, 1.54) is 0 Å². The highest BCUT2D eigenvalue weighted by Crippen LogP contribution is 2.41. The standard InChI is InChI=1S/C23H24ClNO4/c1-14-16-10-19(24)21-18(11-25(13-28-21)23(2,3)12-26)20(16)29-22(27)17(14)9-15-7-5-4-6-8-15/h4-8,10,26H,9,11-13H2,1-3H3. The highest BCUT2D eigenvalue weighted by atomic mass is 35.5. The van der Waals surface area contributed by atoms with Crippen LogP contribution in [-0.4, -0.2) is 28.9 Å². The third-order valence-corrected chi connectivity index (χ3v) is 6.04. The van der Waals surface area contributed by atoms with Crippen molar-refractivity contribution in [3.63, 3.8) is 0 Å². The van der Waals surface area contributed by atoms with Crippen molar-refractivity contribution in [2.24, 2.45) is 0 Å². The zero-order valence-corrected chi connectivity index (χ0v) is 17.5. The lowest BCUT2D eigenvalue weighted by Gasteiger charge is -2.40. The molecule has 0 aliphatic carbocycles. The van der Waals surface area contributed by atoms with Crippen molar-refractivity contribution in [3.05, 3.63) is 74.1 Å². The molecule has 29 heavy (non-hydrogen) atoms. The van der Waals surface area contributed by atoms with Crippen LogP contribution in [0.4, 0.5) is 0 Å². The van der Waals surface area contributed by atoms with Gasteiger partial charge in [-0.05, 0) is 38.0 Å². The number of hydrogen-bond donors (Lipinski definition) is 1. The molecule has 6 heteroatoms. The second-order valence-electron chi connectivity index (χ2n) is 8.14. The SMILES string of the molecule is Cc1c(Cc2ccccc2)c(=O)oc2c3c(c(Cl)cc12)OCN(C(C)(C)CO)C3. The first-order chi connectivity index (χ1) is 13.8. The van der Waals surface area contributed by atoms with Gasteiger partial charge in [0.15, 0.2) is 0 Å². The lowest BCUT2D eigenvalue weighted by Crippen LogP contribution is -2.49. The van der Waals surface area contributed by atoms with Gasteiger partial charge in [-0.1, -0.05) is 41.9 Å². The van der Waals surface area contributed by atoms with Gasteiger partial charge in [0, 0.05) is 29.5 Å². The molecule has 0 bridgehead atoms. The molecule has 0 radical (unpaired) electrons. The Morgan fingerprint density at radius 3 is 2.66 bits per heavy atom. The Morgan fingerprint density at radius 1 is 1.24 bits per heavy atom. The van der Waals surface area contributed by atoms with Crippen molar-refractivity contribution < 1.29 is 14.3 Å². The first-order valence-electron chi connectivity index (χ1n) is 9.62. The van der Waals surface area contributed by atoms with E-state index in [9.17, 15) is 9.90 Å². The molecule has 1 aromatic heterocycles. The number of ether oxygens (including phenoxy) is 1. The van der Waals surface area contributed by atoms with Gasteiger partial charge in [-0.2, -0.15) is 0 Å². The number of rotatable bonds is 4. The maximum Gasteiger partial charge on any atom is 0.340 e. The normalized spacial score (nSPS) is 14.7. The molecule has 0 unspecified atom stereocenters. The van der Waals surface area contributed by atoms with Crippen molar-refractivity contribution >= 4 is 22.6 Å². The lowest BCUT2D eigenvalue weighted by atomic mass is 9.96. The Balaban J connectivity index is 1.86. The summed E-state index contributed by atoms with van der Waals surface area (Å²) in [7, 11) is 0. The van der Waals surface area contributed by atoms with Gasteiger partial charge in [0.05, 0.1) is 17.2 Å². The highest BCUT2D eigenvalue weighted by molar-refractivity contribution is 6.33. The van der Waals surface area contributed by atoms with Crippen molar-refractivity contribution in [2.75, 3.05) is 13.3 Å². The van der Waals surface area contributed by atoms with Crippen LogP contribution in [0.15, 0.2) is 45.6 Å². The molecule has 5 nitrogen and oxygen atoms in total. The predicted octanol–water partition coefficient (Wildman–Crippen LogP) is 4.27. The van der Waals surface area contributed by atoms with Crippen LogP contribution in [0.1, 0.15) is 36.1 Å². The molecule has 0 spiro atoms. The summed E-state index contributed by atoms with van der Waals surface area (Å²) in [4.78, 5) is 14.9. The van der Waals surface area contributed by atoms with Gasteiger partial charge in [0.1, 0.15) is 18.1 Å². The Kier molecular flexibility index (Phi) is 5.15. The van der Waals surface area contributed by atoms with E-state index < -0.39 is 5.54 Å². The molecule has 0 saturated carbocycles. The molecule has 0 atom stereocenters. The second kappa shape index (κ2) is 7.48. The number of hydrogen-bond acceptors (Lipinski definition) is 5. The van der Waals surface area contributed by atoms with Crippen LogP contribution in [0.5, 0.6) is 5.75 Å². The lowest BCUT2D eigenvalue weighted by molar-refractivity contribution is -0.0164. The van der Waals surface area contributed by atoms with Gasteiger partial charge in [-0.3, -0.25) is 4.90 Å². The molecule has 3 aromatic rings. The fourth-order valence-corrected chi connectivity index (χ4v) is 3.98. The van der Waals surface area contributed by atoms with E-state index in [1.807, 2.05) is 62.1 Å². The van der Waals surface area contributed by atoms with E-state index in [0.717, 1.165) is 22.1 Å². The van der Waals surface area contributed by atoms with Gasteiger partial charge in [-0.25, -0.2) is 4.79 Å². The summed E-state index contributed by atoms with van der Waals surface area (Å²) in [6, 6.07) is 11.7. The van der Waals surface area contributed by atoms with Crippen molar-refractivity contribution in [3.8, 4) is 5.75 Å². The summed E-state index contributed by atoms with van der Waals surface area (Å²) in [6.45, 7) is 6.57. The quantitative estimate of drug-likeness (QED) is 0.647. The summed E-state index contributed by atoms with van der Waals surface area (Å²) in [5.41, 5.74) is 2.96. The second-order valence-corrected chi connectivity index (χ2v) is 8.55. The molecule has 2 heterocycles. The Bertz CT molecular complexity index is 1120. The number of nitrogens with zero attached hydrogens (tertiary/aromatic N) is 1. The minimum absolute atomic E-state index is 0.0195. The van der Waals surface area contributed by atoms with Crippen LogP contribution in [0.25, 0.3) is 11.0 Å². The molecular formula is C23H24ClNO4. The molecule has 4 rings (SSSR count). The Labute approximate surface area is 174 Å². The summed E-state index contributed by atoms with van der Waals surface area (Å²) in [5, 5.41) is 11.0. The molecule has 1 N–H and O–H groups in total. The number of aryl methyl sites for hydroxylation is 1. The largest absolute Gasteiger partial charge is 0.476 e. The minimum atomic E-state index is -0.477. The third-order valence-electron chi connectivity index (χ3n) is 5.76. The topological polar surface area (TPSA) is 62.9 Å². The number of fused-ring (bicyclic) bond motifs is 3. The number of aliphatic hydroxyl groups excluding tert-OH is 1. The van der Waals surface area contributed by atoms with E-state index in [1.54, 1.807) is 0 Å². The van der Waals surface area contributed by atoms with Gasteiger partial charge >= 0.3 is 5.63 Å². The number of aliphatic hydroxyl groups is 1. The van der Waals surface area contributed by atoms with Crippen molar-refractivity contribution in [1.82, 2.24) is 4.90 Å². The maximum absolute atomic E-state index is 12.9. The molecular weight excluding hydrogens is 390 g/mol.